The molecule has 0 aliphatic carbocycles. The average molecular weight is 267 g/mol. The lowest BCUT2D eigenvalue weighted by Crippen LogP contribution is -2.18. The smallest absolute Gasteiger partial charge is 0.220 e. The van der Waals surface area contributed by atoms with Gasteiger partial charge >= 0.3 is 0 Å². The van der Waals surface area contributed by atoms with E-state index in [9.17, 15) is 4.79 Å². The molecule has 3 nitrogen and oxygen atoms in total. The van der Waals surface area contributed by atoms with Crippen LogP contribution in [0.2, 0.25) is 0 Å². The van der Waals surface area contributed by atoms with Gasteiger partial charge in [0.05, 0.1) is 13.2 Å². The minimum Gasteiger partial charge on any atom is -0.497 e. The third-order valence-electron chi connectivity index (χ3n) is 3.73. The van der Waals surface area contributed by atoms with E-state index in [0.717, 1.165) is 17.7 Å². The highest BCUT2D eigenvalue weighted by molar-refractivity contribution is 5.78. The lowest BCUT2D eigenvalue weighted by molar-refractivity contribution is -0.119. The quantitative estimate of drug-likeness (QED) is 0.926. The molecule has 0 radical (unpaired) electrons. The molecule has 1 heterocycles. The van der Waals surface area contributed by atoms with Crippen molar-refractivity contribution in [1.29, 1.82) is 0 Å². The van der Waals surface area contributed by atoms with E-state index in [0.29, 0.717) is 6.42 Å². The Hall–Kier alpha value is -2.29. The highest BCUT2D eigenvalue weighted by Gasteiger charge is 2.21. The molecule has 3 rings (SSSR count). The number of rotatable bonds is 3. The van der Waals surface area contributed by atoms with Gasteiger partial charge in [0.25, 0.3) is 0 Å². The molecule has 1 unspecified atom stereocenters. The van der Waals surface area contributed by atoms with Gasteiger partial charge in [-0.1, -0.05) is 36.4 Å². The summed E-state index contributed by atoms with van der Waals surface area (Å²) >= 11 is 0. The van der Waals surface area contributed by atoms with E-state index in [4.69, 9.17) is 4.74 Å². The molecule has 2 aromatic rings. The van der Waals surface area contributed by atoms with Crippen LogP contribution in [0, 0.1) is 0 Å². The van der Waals surface area contributed by atoms with Gasteiger partial charge in [-0.15, -0.1) is 0 Å². The predicted molar refractivity (Wildman–Crippen MR) is 78.5 cm³/mol. The summed E-state index contributed by atoms with van der Waals surface area (Å²) in [4.78, 5) is 11.3. The van der Waals surface area contributed by atoms with Crippen LogP contribution in [0.1, 0.15) is 24.4 Å². The Bertz CT molecular complexity index is 602. The van der Waals surface area contributed by atoms with Gasteiger partial charge in [0, 0.05) is 6.42 Å². The number of hydrogen-bond donors (Lipinski definition) is 1. The number of carbonyl (C=O) groups excluding carboxylic acids is 1. The molecule has 1 aliphatic heterocycles. The molecular weight excluding hydrogens is 250 g/mol. The van der Waals surface area contributed by atoms with Crippen molar-refractivity contribution in [3.05, 3.63) is 54.1 Å². The molecule has 1 fully saturated rings. The van der Waals surface area contributed by atoms with Gasteiger partial charge in [0.15, 0.2) is 0 Å². The van der Waals surface area contributed by atoms with Gasteiger partial charge in [0.1, 0.15) is 5.75 Å². The summed E-state index contributed by atoms with van der Waals surface area (Å²) in [5, 5.41) is 2.99. The van der Waals surface area contributed by atoms with Crippen LogP contribution in [-0.4, -0.2) is 13.0 Å². The molecule has 3 heteroatoms. The number of ether oxygens (including phenoxy) is 1. The summed E-state index contributed by atoms with van der Waals surface area (Å²) in [5.41, 5.74) is 3.50. The Kier molecular flexibility index (Phi) is 3.42. The minimum atomic E-state index is 0.147. The number of carbonyl (C=O) groups is 1. The topological polar surface area (TPSA) is 38.3 Å². The lowest BCUT2D eigenvalue weighted by Gasteiger charge is -2.11. The SMILES string of the molecule is COc1ccc(-c2ccc(C3CCC(=O)N3)cc2)cc1. The lowest BCUT2D eigenvalue weighted by atomic mass is 10.00. The van der Waals surface area contributed by atoms with Crippen LogP contribution in [0.4, 0.5) is 0 Å². The van der Waals surface area contributed by atoms with E-state index in [-0.39, 0.29) is 11.9 Å². The fourth-order valence-electron chi connectivity index (χ4n) is 2.56. The van der Waals surface area contributed by atoms with Crippen molar-refractivity contribution in [3.63, 3.8) is 0 Å². The number of hydrogen-bond acceptors (Lipinski definition) is 2. The molecule has 0 aromatic heterocycles. The molecular formula is C17H17NO2. The molecule has 102 valence electrons. The van der Waals surface area contributed by atoms with Crippen LogP contribution in [0.15, 0.2) is 48.5 Å². The zero-order valence-corrected chi connectivity index (χ0v) is 11.4. The van der Waals surface area contributed by atoms with Crippen LogP contribution in [0.5, 0.6) is 5.75 Å². The molecule has 0 bridgehead atoms. The second-order valence-corrected chi connectivity index (χ2v) is 5.01. The number of amides is 1. The molecule has 1 atom stereocenters. The summed E-state index contributed by atoms with van der Waals surface area (Å²) < 4.78 is 5.16. The molecule has 1 amide bonds. The van der Waals surface area contributed by atoms with E-state index < -0.39 is 0 Å². The molecule has 1 saturated heterocycles. The largest absolute Gasteiger partial charge is 0.497 e. The van der Waals surface area contributed by atoms with Gasteiger partial charge in [-0.05, 0) is 35.2 Å². The highest BCUT2D eigenvalue weighted by Crippen LogP contribution is 2.27. The second-order valence-electron chi connectivity index (χ2n) is 5.01. The molecule has 1 N–H and O–H groups in total. The van der Waals surface area contributed by atoms with Crippen molar-refractivity contribution in [2.24, 2.45) is 0 Å². The first-order valence-electron chi connectivity index (χ1n) is 6.80. The zero-order chi connectivity index (χ0) is 13.9. The standard InChI is InChI=1S/C17H17NO2/c1-20-15-8-6-13(7-9-15)12-2-4-14(5-3-12)16-10-11-17(19)18-16/h2-9,16H,10-11H2,1H3,(H,18,19). The van der Waals surface area contributed by atoms with Crippen molar-refractivity contribution >= 4 is 5.91 Å². The van der Waals surface area contributed by atoms with Gasteiger partial charge in [-0.3, -0.25) is 4.79 Å². The Morgan fingerprint density at radius 2 is 1.60 bits per heavy atom. The fraction of sp³-hybridized carbons (Fsp3) is 0.235. The maximum atomic E-state index is 11.3. The monoisotopic (exact) mass is 267 g/mol. The van der Waals surface area contributed by atoms with Gasteiger partial charge < -0.3 is 10.1 Å². The van der Waals surface area contributed by atoms with Crippen LogP contribution >= 0.6 is 0 Å². The summed E-state index contributed by atoms with van der Waals surface area (Å²) in [6, 6.07) is 16.6. The third-order valence-corrected chi connectivity index (χ3v) is 3.73. The number of nitrogens with one attached hydrogen (secondary N) is 1. The Balaban J connectivity index is 1.79. The maximum Gasteiger partial charge on any atom is 0.220 e. The van der Waals surface area contributed by atoms with Crippen LogP contribution < -0.4 is 10.1 Å². The van der Waals surface area contributed by atoms with E-state index in [1.54, 1.807) is 7.11 Å². The Morgan fingerprint density at radius 1 is 1.00 bits per heavy atom. The van der Waals surface area contributed by atoms with Gasteiger partial charge in [-0.2, -0.15) is 0 Å². The normalized spacial score (nSPS) is 17.9. The highest BCUT2D eigenvalue weighted by atomic mass is 16.5. The summed E-state index contributed by atoms with van der Waals surface area (Å²) in [7, 11) is 1.67. The minimum absolute atomic E-state index is 0.147. The number of benzene rings is 2. The number of methoxy groups -OCH3 is 1. The summed E-state index contributed by atoms with van der Waals surface area (Å²) in [6.07, 6.45) is 1.52. The van der Waals surface area contributed by atoms with E-state index >= 15 is 0 Å². The van der Waals surface area contributed by atoms with Crippen LogP contribution in [0.3, 0.4) is 0 Å². The third kappa shape index (κ3) is 2.52. The van der Waals surface area contributed by atoms with Crippen molar-refractivity contribution in [2.45, 2.75) is 18.9 Å². The Morgan fingerprint density at radius 3 is 2.10 bits per heavy atom. The molecule has 20 heavy (non-hydrogen) atoms. The predicted octanol–water partition coefficient (Wildman–Crippen LogP) is 3.31. The van der Waals surface area contributed by atoms with Gasteiger partial charge in [0.2, 0.25) is 5.91 Å². The molecule has 0 spiro atoms. The summed E-state index contributed by atoms with van der Waals surface area (Å²) in [6.45, 7) is 0. The van der Waals surface area contributed by atoms with E-state index in [2.05, 4.69) is 29.6 Å². The van der Waals surface area contributed by atoms with Crippen LogP contribution in [-0.2, 0) is 4.79 Å². The zero-order valence-electron chi connectivity index (χ0n) is 11.4. The van der Waals surface area contributed by atoms with Crippen molar-refractivity contribution < 1.29 is 9.53 Å². The van der Waals surface area contributed by atoms with Crippen molar-refractivity contribution in [1.82, 2.24) is 5.32 Å². The average Bonchev–Trinajstić information content (AvgIpc) is 2.94. The first-order chi connectivity index (χ1) is 9.76. The van der Waals surface area contributed by atoms with Crippen LogP contribution in [0.25, 0.3) is 11.1 Å². The van der Waals surface area contributed by atoms with Crippen molar-refractivity contribution in [2.75, 3.05) is 7.11 Å². The maximum absolute atomic E-state index is 11.3. The first kappa shape index (κ1) is 12.7. The van der Waals surface area contributed by atoms with Gasteiger partial charge in [-0.25, -0.2) is 0 Å². The molecule has 2 aromatic carbocycles. The molecule has 1 aliphatic rings. The Labute approximate surface area is 118 Å². The fourth-order valence-corrected chi connectivity index (χ4v) is 2.56. The summed E-state index contributed by atoms with van der Waals surface area (Å²) in [5.74, 6) is 1.01. The second kappa shape index (κ2) is 5.37. The van der Waals surface area contributed by atoms with E-state index in [1.165, 1.54) is 11.1 Å². The molecule has 0 saturated carbocycles. The first-order valence-corrected chi connectivity index (χ1v) is 6.80. The van der Waals surface area contributed by atoms with Crippen molar-refractivity contribution in [3.8, 4) is 16.9 Å². The van der Waals surface area contributed by atoms with E-state index in [1.807, 2.05) is 24.3 Å².